The monoisotopic (exact) mass is 273 g/mol. The summed E-state index contributed by atoms with van der Waals surface area (Å²) in [7, 11) is 1.70. The van der Waals surface area contributed by atoms with Gasteiger partial charge in [-0.3, -0.25) is 9.59 Å². The number of hydrogen-bond donors (Lipinski definition) is 0. The highest BCUT2D eigenvalue weighted by Gasteiger charge is 2.26. The summed E-state index contributed by atoms with van der Waals surface area (Å²) in [6, 6.07) is 5.21. The van der Waals surface area contributed by atoms with Crippen LogP contribution >= 0.6 is 0 Å². The molecule has 1 aliphatic carbocycles. The maximum absolute atomic E-state index is 12.5. The fraction of sp³-hybridized carbons (Fsp3) is 0.500. The first kappa shape index (κ1) is 13.2. The zero-order valence-corrected chi connectivity index (χ0v) is 11.7. The van der Waals surface area contributed by atoms with Crippen molar-refractivity contribution in [3.8, 4) is 5.75 Å². The van der Waals surface area contributed by atoms with Crippen molar-refractivity contribution in [2.75, 3.05) is 13.8 Å². The molecule has 1 heterocycles. The van der Waals surface area contributed by atoms with Crippen LogP contribution in [0.3, 0.4) is 0 Å². The molecule has 0 atom stereocenters. The third-order valence-corrected chi connectivity index (χ3v) is 4.23. The average molecular weight is 273 g/mol. The number of carbonyl (C=O) groups excluding carboxylic acids is 2. The fourth-order valence-electron chi connectivity index (χ4n) is 3.00. The van der Waals surface area contributed by atoms with Gasteiger partial charge in [-0.05, 0) is 25.0 Å². The van der Waals surface area contributed by atoms with Gasteiger partial charge in [0, 0.05) is 18.5 Å². The Hall–Kier alpha value is -1.84. The molecule has 106 valence electrons. The van der Waals surface area contributed by atoms with Gasteiger partial charge in [0.15, 0.2) is 12.5 Å². The number of fused-ring (bicyclic) bond motifs is 1. The number of benzene rings is 1. The number of ketones is 1. The van der Waals surface area contributed by atoms with Crippen LogP contribution in [0.15, 0.2) is 18.2 Å². The summed E-state index contributed by atoms with van der Waals surface area (Å²) in [4.78, 5) is 26.0. The molecule has 0 N–H and O–H groups in total. The van der Waals surface area contributed by atoms with Crippen LogP contribution in [0.4, 0.5) is 0 Å². The second-order valence-corrected chi connectivity index (χ2v) is 5.69. The van der Waals surface area contributed by atoms with Crippen molar-refractivity contribution in [3.05, 3.63) is 29.3 Å². The summed E-state index contributed by atoms with van der Waals surface area (Å²) in [5.74, 6) is 0.823. The van der Waals surface area contributed by atoms with Gasteiger partial charge in [0.05, 0.1) is 5.56 Å². The van der Waals surface area contributed by atoms with E-state index in [4.69, 9.17) is 4.74 Å². The van der Waals surface area contributed by atoms with Crippen molar-refractivity contribution in [2.24, 2.45) is 5.92 Å². The number of amides is 1. The van der Waals surface area contributed by atoms with Crippen LogP contribution in [0.25, 0.3) is 0 Å². The van der Waals surface area contributed by atoms with Crippen LogP contribution in [0.5, 0.6) is 5.75 Å². The molecule has 0 bridgehead atoms. The van der Waals surface area contributed by atoms with Crippen molar-refractivity contribution in [2.45, 2.75) is 32.1 Å². The lowest BCUT2D eigenvalue weighted by molar-refractivity contribution is 0.0594. The van der Waals surface area contributed by atoms with E-state index in [9.17, 15) is 9.59 Å². The number of hydrogen-bond acceptors (Lipinski definition) is 3. The Bertz CT molecular complexity index is 547. The SMILES string of the molecule is CN1COc2cc(C(=O)C3CCCCC3)ccc2C1=O. The highest BCUT2D eigenvalue weighted by molar-refractivity contribution is 6.02. The highest BCUT2D eigenvalue weighted by atomic mass is 16.5. The summed E-state index contributed by atoms with van der Waals surface area (Å²) in [6.45, 7) is 0.243. The summed E-state index contributed by atoms with van der Waals surface area (Å²) in [5.41, 5.74) is 1.21. The molecule has 0 radical (unpaired) electrons. The molecule has 0 unspecified atom stereocenters. The number of rotatable bonds is 2. The zero-order chi connectivity index (χ0) is 14.1. The molecular weight excluding hydrogens is 254 g/mol. The fourth-order valence-corrected chi connectivity index (χ4v) is 3.00. The minimum atomic E-state index is -0.0529. The Kier molecular flexibility index (Phi) is 3.47. The van der Waals surface area contributed by atoms with Gasteiger partial charge in [-0.15, -0.1) is 0 Å². The second kappa shape index (κ2) is 5.27. The van der Waals surface area contributed by atoms with Gasteiger partial charge in [0.25, 0.3) is 5.91 Å². The molecule has 1 saturated carbocycles. The van der Waals surface area contributed by atoms with E-state index in [0.29, 0.717) is 16.9 Å². The van der Waals surface area contributed by atoms with E-state index in [1.165, 1.54) is 11.3 Å². The first-order valence-corrected chi connectivity index (χ1v) is 7.23. The molecule has 0 spiro atoms. The number of Topliss-reactive ketones (excluding diaryl/α,β-unsaturated/α-hetero) is 1. The predicted molar refractivity (Wildman–Crippen MR) is 74.9 cm³/mol. The Balaban J connectivity index is 1.85. The normalized spacial score (nSPS) is 19.4. The molecule has 1 fully saturated rings. The van der Waals surface area contributed by atoms with Crippen LogP contribution in [0, 0.1) is 5.92 Å². The maximum Gasteiger partial charge on any atom is 0.259 e. The second-order valence-electron chi connectivity index (χ2n) is 5.69. The highest BCUT2D eigenvalue weighted by Crippen LogP contribution is 2.30. The molecule has 1 aromatic rings. The van der Waals surface area contributed by atoms with Crippen molar-refractivity contribution in [3.63, 3.8) is 0 Å². The van der Waals surface area contributed by atoms with Gasteiger partial charge < -0.3 is 9.64 Å². The molecular formula is C16H19NO3. The average Bonchev–Trinajstić information content (AvgIpc) is 2.51. The van der Waals surface area contributed by atoms with E-state index >= 15 is 0 Å². The minimum Gasteiger partial charge on any atom is -0.472 e. The van der Waals surface area contributed by atoms with E-state index in [2.05, 4.69) is 0 Å². The lowest BCUT2D eigenvalue weighted by Crippen LogP contribution is -2.35. The quantitative estimate of drug-likeness (QED) is 0.778. The lowest BCUT2D eigenvalue weighted by atomic mass is 9.83. The zero-order valence-electron chi connectivity index (χ0n) is 11.7. The molecule has 2 aliphatic rings. The minimum absolute atomic E-state index is 0.0529. The lowest BCUT2D eigenvalue weighted by Gasteiger charge is -2.26. The van der Waals surface area contributed by atoms with Crippen LogP contribution < -0.4 is 4.74 Å². The van der Waals surface area contributed by atoms with Crippen molar-refractivity contribution in [1.82, 2.24) is 4.90 Å². The van der Waals surface area contributed by atoms with E-state index in [1.54, 1.807) is 25.2 Å². The Morgan fingerprint density at radius 1 is 1.25 bits per heavy atom. The van der Waals surface area contributed by atoms with Gasteiger partial charge >= 0.3 is 0 Å². The standard InChI is InChI=1S/C16H19NO3/c1-17-10-20-14-9-12(7-8-13(14)16(17)19)15(18)11-5-3-2-4-6-11/h7-9,11H,2-6,10H2,1H3. The third-order valence-electron chi connectivity index (χ3n) is 4.23. The Morgan fingerprint density at radius 3 is 2.75 bits per heavy atom. The van der Waals surface area contributed by atoms with E-state index in [-0.39, 0.29) is 24.3 Å². The van der Waals surface area contributed by atoms with Crippen LogP contribution in [-0.2, 0) is 0 Å². The summed E-state index contributed by atoms with van der Waals surface area (Å²) < 4.78 is 5.54. The summed E-state index contributed by atoms with van der Waals surface area (Å²) in [5, 5.41) is 0. The van der Waals surface area contributed by atoms with Crippen LogP contribution in [0.2, 0.25) is 0 Å². The summed E-state index contributed by atoms with van der Waals surface area (Å²) in [6.07, 6.45) is 5.48. The smallest absolute Gasteiger partial charge is 0.259 e. The number of nitrogens with zero attached hydrogens (tertiary/aromatic N) is 1. The van der Waals surface area contributed by atoms with Gasteiger partial charge in [-0.1, -0.05) is 25.3 Å². The first-order chi connectivity index (χ1) is 9.66. The Morgan fingerprint density at radius 2 is 2.00 bits per heavy atom. The molecule has 1 aliphatic heterocycles. The summed E-state index contributed by atoms with van der Waals surface area (Å²) >= 11 is 0. The van der Waals surface area contributed by atoms with Gasteiger partial charge in [-0.2, -0.15) is 0 Å². The van der Waals surface area contributed by atoms with Gasteiger partial charge in [-0.25, -0.2) is 0 Å². The Labute approximate surface area is 118 Å². The largest absolute Gasteiger partial charge is 0.472 e. The van der Waals surface area contributed by atoms with E-state index < -0.39 is 0 Å². The number of carbonyl (C=O) groups is 2. The molecule has 20 heavy (non-hydrogen) atoms. The van der Waals surface area contributed by atoms with Gasteiger partial charge in [0.2, 0.25) is 0 Å². The van der Waals surface area contributed by atoms with Gasteiger partial charge in [0.1, 0.15) is 5.75 Å². The van der Waals surface area contributed by atoms with Crippen LogP contribution in [-0.4, -0.2) is 30.4 Å². The van der Waals surface area contributed by atoms with Crippen molar-refractivity contribution < 1.29 is 14.3 Å². The van der Waals surface area contributed by atoms with Crippen molar-refractivity contribution >= 4 is 11.7 Å². The van der Waals surface area contributed by atoms with E-state index in [0.717, 1.165) is 25.7 Å². The van der Waals surface area contributed by atoms with Crippen LogP contribution in [0.1, 0.15) is 52.8 Å². The maximum atomic E-state index is 12.5. The number of ether oxygens (including phenoxy) is 1. The molecule has 0 saturated heterocycles. The van der Waals surface area contributed by atoms with E-state index in [1.807, 2.05) is 0 Å². The predicted octanol–water partition coefficient (Wildman–Crippen LogP) is 2.87. The molecule has 1 aromatic carbocycles. The molecule has 1 amide bonds. The first-order valence-electron chi connectivity index (χ1n) is 7.23. The topological polar surface area (TPSA) is 46.6 Å². The third kappa shape index (κ3) is 2.30. The molecule has 0 aromatic heterocycles. The molecule has 4 heteroatoms. The molecule has 4 nitrogen and oxygen atoms in total. The van der Waals surface area contributed by atoms with Crippen molar-refractivity contribution in [1.29, 1.82) is 0 Å². The molecule has 3 rings (SSSR count).